The van der Waals surface area contributed by atoms with E-state index >= 15 is 0 Å². The molecule has 5 heteroatoms. The van der Waals surface area contributed by atoms with Crippen molar-refractivity contribution in [2.75, 3.05) is 0 Å². The van der Waals surface area contributed by atoms with E-state index in [0.717, 1.165) is 0 Å². The summed E-state index contributed by atoms with van der Waals surface area (Å²) in [6.45, 7) is 0. The van der Waals surface area contributed by atoms with Crippen molar-refractivity contribution in [2.45, 2.75) is 0 Å². The van der Waals surface area contributed by atoms with Crippen LogP contribution < -0.4 is 0 Å². The van der Waals surface area contributed by atoms with E-state index < -0.39 is 11.6 Å². The fourth-order valence-electron chi connectivity index (χ4n) is 1.37. The van der Waals surface area contributed by atoms with Crippen molar-refractivity contribution in [1.29, 1.82) is 0 Å². The van der Waals surface area contributed by atoms with Gasteiger partial charge in [0.25, 0.3) is 0 Å². The molecule has 0 aliphatic rings. The molecular formula is C13H8F2Na2O. The standard InChI is InChI=1S/C13H8F2O.2Na/c14-11-5-1-9(2-6-11)13(16)10-3-7-12(15)8-4-10;;/h1-8H;;. The van der Waals surface area contributed by atoms with E-state index in [9.17, 15) is 13.6 Å². The van der Waals surface area contributed by atoms with Gasteiger partial charge in [0.2, 0.25) is 0 Å². The minimum Gasteiger partial charge on any atom is -0.289 e. The van der Waals surface area contributed by atoms with E-state index in [0.29, 0.717) is 11.1 Å². The van der Waals surface area contributed by atoms with Crippen LogP contribution in [0.1, 0.15) is 15.9 Å². The molecule has 0 saturated carbocycles. The third kappa shape index (κ3) is 4.57. The Bertz CT molecular complexity index is 462. The Labute approximate surface area is 148 Å². The molecular weight excluding hydrogens is 256 g/mol. The quantitative estimate of drug-likeness (QED) is 0.601. The Morgan fingerprint density at radius 1 is 0.667 bits per heavy atom. The van der Waals surface area contributed by atoms with E-state index in [1.54, 1.807) is 0 Å². The van der Waals surface area contributed by atoms with Crippen molar-refractivity contribution >= 4 is 64.9 Å². The van der Waals surface area contributed by atoms with Gasteiger partial charge in [-0.05, 0) is 48.5 Å². The van der Waals surface area contributed by atoms with Gasteiger partial charge in [-0.15, -0.1) is 0 Å². The van der Waals surface area contributed by atoms with Crippen molar-refractivity contribution in [1.82, 2.24) is 0 Å². The molecule has 0 aliphatic carbocycles. The Morgan fingerprint density at radius 2 is 0.944 bits per heavy atom. The summed E-state index contributed by atoms with van der Waals surface area (Å²) in [5, 5.41) is 0. The SMILES string of the molecule is O=C(c1ccc(F)cc1)c1ccc(F)cc1.[Na].[Na]. The zero-order valence-corrected chi connectivity index (χ0v) is 14.3. The Hall–Kier alpha value is -0.0300. The Kier molecular flexibility index (Phi) is 8.19. The van der Waals surface area contributed by atoms with Crippen LogP contribution in [0, 0.1) is 11.6 Å². The van der Waals surface area contributed by atoms with E-state index in [1.165, 1.54) is 48.5 Å². The van der Waals surface area contributed by atoms with Crippen LogP contribution in [0.4, 0.5) is 8.78 Å². The molecule has 0 fully saturated rings. The summed E-state index contributed by atoms with van der Waals surface area (Å²) < 4.78 is 25.3. The van der Waals surface area contributed by atoms with Crippen LogP contribution in [-0.2, 0) is 0 Å². The summed E-state index contributed by atoms with van der Waals surface area (Å²) in [7, 11) is 0. The van der Waals surface area contributed by atoms with Gasteiger partial charge in [-0.1, -0.05) is 0 Å². The van der Waals surface area contributed by atoms with Crippen LogP contribution in [-0.4, -0.2) is 64.9 Å². The van der Waals surface area contributed by atoms with Crippen molar-refractivity contribution in [3.8, 4) is 0 Å². The number of rotatable bonds is 2. The van der Waals surface area contributed by atoms with Gasteiger partial charge in [0.15, 0.2) is 5.78 Å². The number of halogens is 2. The molecule has 0 amide bonds. The molecule has 2 radical (unpaired) electrons. The topological polar surface area (TPSA) is 17.1 Å². The number of carbonyl (C=O) groups is 1. The monoisotopic (exact) mass is 264 g/mol. The number of benzene rings is 2. The summed E-state index contributed by atoms with van der Waals surface area (Å²) in [6.07, 6.45) is 0. The summed E-state index contributed by atoms with van der Waals surface area (Å²) in [5.41, 5.74) is 0.765. The fraction of sp³-hybridized carbons (Fsp3) is 0. The molecule has 0 unspecified atom stereocenters. The summed E-state index contributed by atoms with van der Waals surface area (Å²) in [4.78, 5) is 11.8. The first-order valence-corrected chi connectivity index (χ1v) is 4.72. The van der Waals surface area contributed by atoms with Crippen molar-refractivity contribution in [3.05, 3.63) is 71.3 Å². The van der Waals surface area contributed by atoms with Crippen LogP contribution in [0.25, 0.3) is 0 Å². The maximum Gasteiger partial charge on any atom is 0.193 e. The predicted molar refractivity (Wildman–Crippen MR) is 67.7 cm³/mol. The van der Waals surface area contributed by atoms with Crippen molar-refractivity contribution < 1.29 is 13.6 Å². The first kappa shape index (κ1) is 18.0. The summed E-state index contributed by atoms with van der Waals surface area (Å²) >= 11 is 0. The van der Waals surface area contributed by atoms with Gasteiger partial charge in [0.1, 0.15) is 11.6 Å². The predicted octanol–water partition coefficient (Wildman–Crippen LogP) is 2.43. The maximum atomic E-state index is 12.6. The molecule has 0 atom stereocenters. The first-order valence-electron chi connectivity index (χ1n) is 4.72. The minimum atomic E-state index is -0.393. The molecule has 2 aromatic rings. The average molecular weight is 264 g/mol. The summed E-state index contributed by atoms with van der Waals surface area (Å²) in [5.74, 6) is -1.04. The van der Waals surface area contributed by atoms with E-state index in [-0.39, 0.29) is 64.9 Å². The van der Waals surface area contributed by atoms with Gasteiger partial charge in [-0.2, -0.15) is 0 Å². The molecule has 0 aromatic heterocycles. The van der Waals surface area contributed by atoms with Crippen LogP contribution in [0.3, 0.4) is 0 Å². The molecule has 82 valence electrons. The molecule has 0 N–H and O–H groups in total. The average Bonchev–Trinajstić information content (AvgIpc) is 2.30. The second-order valence-corrected chi connectivity index (χ2v) is 3.34. The fourth-order valence-corrected chi connectivity index (χ4v) is 1.37. The molecule has 1 nitrogen and oxygen atoms in total. The third-order valence-corrected chi connectivity index (χ3v) is 2.21. The number of hydrogen-bond donors (Lipinski definition) is 0. The first-order chi connectivity index (χ1) is 7.66. The summed E-state index contributed by atoms with van der Waals surface area (Å²) in [6, 6.07) is 10.5. The Morgan fingerprint density at radius 3 is 1.22 bits per heavy atom. The molecule has 18 heavy (non-hydrogen) atoms. The molecule has 0 heterocycles. The minimum absolute atomic E-state index is 0. The maximum absolute atomic E-state index is 12.6. The Balaban J connectivity index is 0.00000144. The molecule has 2 aromatic carbocycles. The van der Waals surface area contributed by atoms with Gasteiger partial charge in [0.05, 0.1) is 0 Å². The van der Waals surface area contributed by atoms with E-state index in [2.05, 4.69) is 0 Å². The second kappa shape index (κ2) is 8.20. The molecule has 0 aliphatic heterocycles. The van der Waals surface area contributed by atoms with Gasteiger partial charge >= 0.3 is 0 Å². The van der Waals surface area contributed by atoms with Gasteiger partial charge < -0.3 is 0 Å². The molecule has 2 rings (SSSR count). The van der Waals surface area contributed by atoms with Crippen LogP contribution in [0.5, 0.6) is 0 Å². The second-order valence-electron chi connectivity index (χ2n) is 3.34. The zero-order valence-electron chi connectivity index (χ0n) is 10.3. The van der Waals surface area contributed by atoms with Gasteiger partial charge in [-0.3, -0.25) is 4.79 Å². The van der Waals surface area contributed by atoms with Crippen LogP contribution in [0.2, 0.25) is 0 Å². The number of hydrogen-bond acceptors (Lipinski definition) is 1. The van der Waals surface area contributed by atoms with E-state index in [4.69, 9.17) is 0 Å². The smallest absolute Gasteiger partial charge is 0.193 e. The molecule has 0 saturated heterocycles. The van der Waals surface area contributed by atoms with Crippen molar-refractivity contribution in [2.24, 2.45) is 0 Å². The zero-order chi connectivity index (χ0) is 11.5. The van der Waals surface area contributed by atoms with Crippen molar-refractivity contribution in [3.63, 3.8) is 0 Å². The third-order valence-electron chi connectivity index (χ3n) is 2.21. The van der Waals surface area contributed by atoms with Crippen LogP contribution in [0.15, 0.2) is 48.5 Å². The number of ketones is 1. The molecule has 0 bridgehead atoms. The number of carbonyl (C=O) groups excluding carboxylic acids is 1. The van der Waals surface area contributed by atoms with Crippen LogP contribution >= 0.6 is 0 Å². The molecule has 0 spiro atoms. The van der Waals surface area contributed by atoms with E-state index in [1.807, 2.05) is 0 Å². The normalized spacial score (nSPS) is 9.00. The van der Waals surface area contributed by atoms with Gasteiger partial charge in [-0.25, -0.2) is 8.78 Å². The van der Waals surface area contributed by atoms with Gasteiger partial charge in [0, 0.05) is 70.2 Å². The largest absolute Gasteiger partial charge is 0.289 e.